The molecule has 7 atom stereocenters. The minimum absolute atomic E-state index is 0.0233. The number of allylic oxidation sites excluding steroid dienone is 1. The summed E-state index contributed by atoms with van der Waals surface area (Å²) in [5.74, 6) is 3.65. The van der Waals surface area contributed by atoms with Gasteiger partial charge in [0.15, 0.2) is 0 Å². The van der Waals surface area contributed by atoms with Gasteiger partial charge in [-0.3, -0.25) is 0 Å². The molecule has 5 rings (SSSR count). The van der Waals surface area contributed by atoms with E-state index < -0.39 is 0 Å². The molecule has 1 aromatic rings. The third-order valence-electron chi connectivity index (χ3n) is 9.04. The Kier molecular flexibility index (Phi) is 4.23. The SMILES string of the molecule is Cc1ccc(/C=C2/C[C@H]3[C@@H]4CC=C5C[C@@H](O)CC[C@]5(C)[C@H]4CC[C@]3(C)[C@@H]2O)o1. The molecule has 0 amide bonds. The Morgan fingerprint density at radius 1 is 1.07 bits per heavy atom. The molecule has 4 aliphatic rings. The van der Waals surface area contributed by atoms with E-state index in [1.807, 2.05) is 19.1 Å². The first-order valence-electron chi connectivity index (χ1n) is 11.1. The number of aliphatic hydroxyl groups is 2. The summed E-state index contributed by atoms with van der Waals surface area (Å²) < 4.78 is 5.76. The number of hydrogen-bond donors (Lipinski definition) is 2. The van der Waals surface area contributed by atoms with Crippen molar-refractivity contribution in [2.24, 2.45) is 28.6 Å². The fourth-order valence-electron chi connectivity index (χ4n) is 7.35. The Hall–Kier alpha value is -1.32. The quantitative estimate of drug-likeness (QED) is 0.651. The highest BCUT2D eigenvalue weighted by Crippen LogP contribution is 2.65. The molecule has 0 aliphatic heterocycles. The molecule has 1 aromatic heterocycles. The zero-order valence-corrected chi connectivity index (χ0v) is 17.4. The van der Waals surface area contributed by atoms with Gasteiger partial charge in [-0.1, -0.05) is 25.5 Å². The molecule has 0 bridgehead atoms. The first-order chi connectivity index (χ1) is 13.3. The molecule has 3 nitrogen and oxygen atoms in total. The second-order valence-electron chi connectivity index (χ2n) is 10.5. The lowest BCUT2D eigenvalue weighted by Gasteiger charge is -2.57. The Balaban J connectivity index is 1.47. The monoisotopic (exact) mass is 382 g/mol. The maximum Gasteiger partial charge on any atom is 0.127 e. The van der Waals surface area contributed by atoms with Gasteiger partial charge < -0.3 is 14.6 Å². The number of furan rings is 1. The first kappa shape index (κ1) is 18.7. The first-order valence-corrected chi connectivity index (χ1v) is 11.1. The van der Waals surface area contributed by atoms with Crippen molar-refractivity contribution < 1.29 is 14.6 Å². The van der Waals surface area contributed by atoms with Crippen LogP contribution in [-0.2, 0) is 0 Å². The van der Waals surface area contributed by atoms with Gasteiger partial charge in [0.1, 0.15) is 11.5 Å². The molecule has 0 aromatic carbocycles. The molecule has 152 valence electrons. The van der Waals surface area contributed by atoms with Gasteiger partial charge in [-0.15, -0.1) is 0 Å². The summed E-state index contributed by atoms with van der Waals surface area (Å²) in [5.41, 5.74) is 2.89. The van der Waals surface area contributed by atoms with Gasteiger partial charge in [0.05, 0.1) is 12.2 Å². The van der Waals surface area contributed by atoms with E-state index in [0.717, 1.165) is 55.6 Å². The molecule has 28 heavy (non-hydrogen) atoms. The largest absolute Gasteiger partial charge is 0.462 e. The maximum absolute atomic E-state index is 11.3. The van der Waals surface area contributed by atoms with Crippen molar-refractivity contribution in [3.8, 4) is 0 Å². The second-order valence-corrected chi connectivity index (χ2v) is 10.5. The highest BCUT2D eigenvalue weighted by Gasteiger charge is 2.59. The lowest BCUT2D eigenvalue weighted by atomic mass is 9.48. The van der Waals surface area contributed by atoms with Crippen molar-refractivity contribution in [3.63, 3.8) is 0 Å². The summed E-state index contributed by atoms with van der Waals surface area (Å²) in [4.78, 5) is 0. The second kappa shape index (κ2) is 6.34. The summed E-state index contributed by atoms with van der Waals surface area (Å²) in [6.07, 6.45) is 11.4. The van der Waals surface area contributed by atoms with Crippen molar-refractivity contribution in [1.82, 2.24) is 0 Å². The van der Waals surface area contributed by atoms with E-state index in [9.17, 15) is 10.2 Å². The van der Waals surface area contributed by atoms with Crippen molar-refractivity contribution in [3.05, 3.63) is 40.9 Å². The van der Waals surface area contributed by atoms with Crippen LogP contribution in [0.5, 0.6) is 0 Å². The molecule has 2 N–H and O–H groups in total. The van der Waals surface area contributed by atoms with E-state index in [1.165, 1.54) is 12.0 Å². The van der Waals surface area contributed by atoms with Crippen LogP contribution in [0.1, 0.15) is 70.3 Å². The minimum atomic E-state index is -0.366. The smallest absolute Gasteiger partial charge is 0.127 e. The molecule has 1 heterocycles. The lowest BCUT2D eigenvalue weighted by molar-refractivity contribution is -0.0685. The van der Waals surface area contributed by atoms with Gasteiger partial charge in [0.2, 0.25) is 0 Å². The van der Waals surface area contributed by atoms with Crippen LogP contribution in [0.4, 0.5) is 0 Å². The topological polar surface area (TPSA) is 53.6 Å². The van der Waals surface area contributed by atoms with Crippen LogP contribution in [0.3, 0.4) is 0 Å². The molecule has 3 fully saturated rings. The Morgan fingerprint density at radius 3 is 2.64 bits per heavy atom. The summed E-state index contributed by atoms with van der Waals surface area (Å²) in [6, 6.07) is 4.00. The molecule has 4 aliphatic carbocycles. The van der Waals surface area contributed by atoms with E-state index in [2.05, 4.69) is 26.0 Å². The van der Waals surface area contributed by atoms with Crippen LogP contribution < -0.4 is 0 Å². The van der Waals surface area contributed by atoms with Crippen LogP contribution in [-0.4, -0.2) is 22.4 Å². The highest BCUT2D eigenvalue weighted by molar-refractivity contribution is 5.51. The number of aliphatic hydroxyl groups excluding tert-OH is 2. The van der Waals surface area contributed by atoms with Crippen molar-refractivity contribution in [2.75, 3.05) is 0 Å². The van der Waals surface area contributed by atoms with Gasteiger partial charge >= 0.3 is 0 Å². The van der Waals surface area contributed by atoms with E-state index in [4.69, 9.17) is 4.42 Å². The van der Waals surface area contributed by atoms with E-state index in [-0.39, 0.29) is 23.0 Å². The summed E-state index contributed by atoms with van der Waals surface area (Å²) >= 11 is 0. The highest BCUT2D eigenvalue weighted by atomic mass is 16.3. The van der Waals surface area contributed by atoms with Crippen LogP contribution in [0, 0.1) is 35.5 Å². The molecule has 3 saturated carbocycles. The summed E-state index contributed by atoms with van der Waals surface area (Å²) in [7, 11) is 0. The molecule has 0 saturated heterocycles. The van der Waals surface area contributed by atoms with Gasteiger partial charge in [-0.05, 0) is 98.8 Å². The Bertz CT molecular complexity index is 833. The normalized spacial score (nSPS) is 46.7. The Morgan fingerprint density at radius 2 is 1.89 bits per heavy atom. The van der Waals surface area contributed by atoms with Crippen molar-refractivity contribution in [1.29, 1.82) is 0 Å². The van der Waals surface area contributed by atoms with Gasteiger partial charge in [-0.25, -0.2) is 0 Å². The van der Waals surface area contributed by atoms with Crippen LogP contribution in [0.15, 0.2) is 33.8 Å². The summed E-state index contributed by atoms with van der Waals surface area (Å²) in [6.45, 7) is 6.74. The van der Waals surface area contributed by atoms with Crippen LogP contribution >= 0.6 is 0 Å². The van der Waals surface area contributed by atoms with Crippen LogP contribution in [0.25, 0.3) is 6.08 Å². The van der Waals surface area contributed by atoms with E-state index in [0.29, 0.717) is 17.8 Å². The number of fused-ring (bicyclic) bond motifs is 5. The molecule has 3 heteroatoms. The molecule has 0 unspecified atom stereocenters. The molecular formula is C25H34O3. The summed E-state index contributed by atoms with van der Waals surface area (Å²) in [5, 5.41) is 21.4. The van der Waals surface area contributed by atoms with Gasteiger partial charge in [0.25, 0.3) is 0 Å². The maximum atomic E-state index is 11.3. The number of aryl methyl sites for hydroxylation is 1. The number of hydrogen-bond acceptors (Lipinski definition) is 3. The van der Waals surface area contributed by atoms with E-state index in [1.54, 1.807) is 0 Å². The lowest BCUT2D eigenvalue weighted by Crippen LogP contribution is -2.51. The average Bonchev–Trinajstić information content (AvgIpc) is 3.18. The third kappa shape index (κ3) is 2.62. The number of rotatable bonds is 1. The van der Waals surface area contributed by atoms with Crippen LogP contribution in [0.2, 0.25) is 0 Å². The predicted octanol–water partition coefficient (Wildman–Crippen LogP) is 5.27. The molecular weight excluding hydrogens is 348 g/mol. The zero-order chi connectivity index (χ0) is 19.7. The van der Waals surface area contributed by atoms with Gasteiger partial charge in [-0.2, -0.15) is 0 Å². The fourth-order valence-corrected chi connectivity index (χ4v) is 7.35. The van der Waals surface area contributed by atoms with Gasteiger partial charge in [0, 0.05) is 5.41 Å². The molecule has 0 radical (unpaired) electrons. The average molecular weight is 383 g/mol. The fraction of sp³-hybridized carbons (Fsp3) is 0.680. The minimum Gasteiger partial charge on any atom is -0.462 e. The third-order valence-corrected chi connectivity index (χ3v) is 9.04. The van der Waals surface area contributed by atoms with Crippen molar-refractivity contribution >= 4 is 6.08 Å². The molecule has 0 spiro atoms. The predicted molar refractivity (Wildman–Crippen MR) is 111 cm³/mol. The van der Waals surface area contributed by atoms with Crippen molar-refractivity contribution in [2.45, 2.75) is 77.9 Å². The van der Waals surface area contributed by atoms with E-state index >= 15 is 0 Å². The standard InChI is InChI=1S/C25H34O3/c1-15-4-6-19(28-15)12-16-13-22-20-7-5-17-14-18(26)8-10-24(17,2)21(20)9-11-25(22,3)23(16)27/h4-6,12,18,20-23,26-27H,7-11,13-14H2,1-3H3/b16-12-/t18-,20+,21-,22-,23+,24-,25-/m0/s1. The Labute approximate surface area is 168 Å². The zero-order valence-electron chi connectivity index (χ0n) is 17.4.